The van der Waals surface area contributed by atoms with E-state index in [2.05, 4.69) is 12.2 Å². The van der Waals surface area contributed by atoms with Gasteiger partial charge in [0.25, 0.3) is 0 Å². The minimum atomic E-state index is 0. The maximum Gasteiger partial charge on any atom is 0 e. The van der Waals surface area contributed by atoms with Crippen LogP contribution in [0.3, 0.4) is 0 Å². The molecule has 0 radical (unpaired) electrons. The van der Waals surface area contributed by atoms with Crippen molar-refractivity contribution in [3.63, 3.8) is 0 Å². The van der Waals surface area contributed by atoms with Crippen LogP contribution in [0.2, 0.25) is 0 Å². The van der Waals surface area contributed by atoms with Crippen LogP contribution in [0.15, 0.2) is 18.2 Å². The molecule has 1 rings (SSSR count). The van der Waals surface area contributed by atoms with Crippen LogP contribution in [0.5, 0.6) is 0 Å². The average Bonchev–Trinajstić information content (AvgIpc) is 1.76. The smallest absolute Gasteiger partial charge is 0 e. The fraction of sp³-hybridized carbons (Fsp3) is 0.200. The van der Waals surface area contributed by atoms with E-state index < -0.39 is 0 Å². The Bertz CT molecular complexity index is 62.0. The van der Waals surface area contributed by atoms with Crippen molar-refractivity contribution in [2.75, 3.05) is 0 Å². The third-order valence-electron chi connectivity index (χ3n) is 0.586. The van der Waals surface area contributed by atoms with Gasteiger partial charge in [-0.3, -0.25) is 6.08 Å². The Balaban J connectivity index is 0.000000250. The number of hydrogen-bond acceptors (Lipinski definition) is 0. The Morgan fingerprint density at radius 3 is 2.50 bits per heavy atom. The van der Waals surface area contributed by atoms with Gasteiger partial charge in [0.2, 0.25) is 0 Å². The minimum Gasteiger partial charge on any atom is -0.273 e. The van der Waals surface area contributed by atoms with Gasteiger partial charge in [-0.05, 0) is 0 Å². The SMILES string of the molecule is [C-]1=CC=CC1.[W]. The quantitative estimate of drug-likeness (QED) is 0.567. The Labute approximate surface area is 52.2 Å². The Morgan fingerprint density at radius 1 is 1.50 bits per heavy atom. The molecule has 0 aliphatic heterocycles. The fourth-order valence-electron chi connectivity index (χ4n) is 0.340. The molecule has 6 heavy (non-hydrogen) atoms. The number of hydrogen-bond donors (Lipinski definition) is 0. The molecule has 0 aromatic heterocycles. The zero-order chi connectivity index (χ0) is 3.54. The van der Waals surface area contributed by atoms with Crippen molar-refractivity contribution in [3.05, 3.63) is 24.3 Å². The summed E-state index contributed by atoms with van der Waals surface area (Å²) in [5, 5.41) is 0. The van der Waals surface area contributed by atoms with Crippen molar-refractivity contribution in [3.8, 4) is 0 Å². The Kier molecular flexibility index (Phi) is 3.46. The molecule has 0 atom stereocenters. The van der Waals surface area contributed by atoms with Crippen LogP contribution in [0.4, 0.5) is 0 Å². The van der Waals surface area contributed by atoms with Crippen molar-refractivity contribution in [2.24, 2.45) is 0 Å². The molecule has 32 valence electrons. The van der Waals surface area contributed by atoms with E-state index >= 15 is 0 Å². The molecule has 1 heteroatoms. The van der Waals surface area contributed by atoms with Crippen molar-refractivity contribution in [1.82, 2.24) is 0 Å². The molecule has 0 aromatic rings. The van der Waals surface area contributed by atoms with Crippen LogP contribution >= 0.6 is 0 Å². The van der Waals surface area contributed by atoms with E-state index in [1.54, 1.807) is 0 Å². The first-order valence-corrected chi connectivity index (χ1v) is 1.72. The average molecular weight is 249 g/mol. The molecule has 0 saturated carbocycles. The number of rotatable bonds is 0. The first-order chi connectivity index (χ1) is 2.50. The van der Waals surface area contributed by atoms with Gasteiger partial charge in [0.15, 0.2) is 0 Å². The molecule has 0 amide bonds. The van der Waals surface area contributed by atoms with Gasteiger partial charge in [-0.1, -0.05) is 0 Å². The van der Waals surface area contributed by atoms with Crippen LogP contribution in [0, 0.1) is 6.08 Å². The van der Waals surface area contributed by atoms with E-state index in [1.807, 2.05) is 12.2 Å². The van der Waals surface area contributed by atoms with E-state index in [-0.39, 0.29) is 21.1 Å². The van der Waals surface area contributed by atoms with Gasteiger partial charge in [-0.25, -0.2) is 12.2 Å². The van der Waals surface area contributed by atoms with E-state index in [9.17, 15) is 0 Å². The van der Waals surface area contributed by atoms with Crippen LogP contribution in [0.25, 0.3) is 0 Å². The molecule has 0 fully saturated rings. The molecule has 0 bridgehead atoms. The predicted octanol–water partition coefficient (Wildman–Crippen LogP) is 1.30. The first kappa shape index (κ1) is 6.17. The summed E-state index contributed by atoms with van der Waals surface area (Å²) in [6.45, 7) is 0. The van der Waals surface area contributed by atoms with E-state index in [1.165, 1.54) is 0 Å². The van der Waals surface area contributed by atoms with Crippen LogP contribution in [-0.4, -0.2) is 0 Å². The van der Waals surface area contributed by atoms with Crippen LogP contribution < -0.4 is 0 Å². The second-order valence-electron chi connectivity index (χ2n) is 1.00. The second-order valence-corrected chi connectivity index (χ2v) is 1.00. The monoisotopic (exact) mass is 249 g/mol. The molecule has 1 aliphatic rings. The topological polar surface area (TPSA) is 0 Å². The summed E-state index contributed by atoms with van der Waals surface area (Å²) in [6, 6.07) is 0. The minimum absolute atomic E-state index is 0. The molecule has 0 N–H and O–H groups in total. The molecule has 0 aromatic carbocycles. The first-order valence-electron chi connectivity index (χ1n) is 1.72. The normalized spacial score (nSPS) is 14.7. The van der Waals surface area contributed by atoms with Gasteiger partial charge in [-0.2, -0.15) is 6.08 Å². The number of allylic oxidation sites excluding steroid dienone is 4. The molecule has 0 spiro atoms. The second kappa shape index (κ2) is 3.36. The molecule has 0 nitrogen and oxygen atoms in total. The van der Waals surface area contributed by atoms with Crippen molar-refractivity contribution in [2.45, 2.75) is 6.42 Å². The standard InChI is InChI=1S/C5H5.W/c1-2-4-5-3-1;/h1-3H,4H2;/q-1;. The van der Waals surface area contributed by atoms with E-state index in [4.69, 9.17) is 0 Å². The van der Waals surface area contributed by atoms with Gasteiger partial charge in [0.1, 0.15) is 0 Å². The molecule has 0 heterocycles. The van der Waals surface area contributed by atoms with E-state index in [0.717, 1.165) is 6.42 Å². The van der Waals surface area contributed by atoms with Crippen molar-refractivity contribution >= 4 is 0 Å². The molecule has 1 aliphatic carbocycles. The van der Waals surface area contributed by atoms with Gasteiger partial charge < -0.3 is 0 Å². The van der Waals surface area contributed by atoms with Crippen molar-refractivity contribution < 1.29 is 21.1 Å². The Hall–Kier alpha value is 0.168. The third-order valence-corrected chi connectivity index (χ3v) is 0.586. The molecular formula is C5H5W-. The predicted molar refractivity (Wildman–Crippen MR) is 21.6 cm³/mol. The van der Waals surface area contributed by atoms with E-state index in [0.29, 0.717) is 0 Å². The summed E-state index contributed by atoms with van der Waals surface area (Å²) in [7, 11) is 0. The van der Waals surface area contributed by atoms with Gasteiger partial charge in [0.05, 0.1) is 0 Å². The summed E-state index contributed by atoms with van der Waals surface area (Å²) in [5.41, 5.74) is 0. The molecular weight excluding hydrogens is 244 g/mol. The van der Waals surface area contributed by atoms with Crippen LogP contribution in [-0.2, 0) is 21.1 Å². The summed E-state index contributed by atoms with van der Waals surface area (Å²) in [5.74, 6) is 0. The largest absolute Gasteiger partial charge is 0.273 e. The van der Waals surface area contributed by atoms with Crippen molar-refractivity contribution in [1.29, 1.82) is 0 Å². The molecule has 0 saturated heterocycles. The molecule has 0 unspecified atom stereocenters. The maximum absolute atomic E-state index is 2.99. The summed E-state index contributed by atoms with van der Waals surface area (Å²) < 4.78 is 0. The zero-order valence-electron chi connectivity index (χ0n) is 3.35. The summed E-state index contributed by atoms with van der Waals surface area (Å²) in [4.78, 5) is 0. The summed E-state index contributed by atoms with van der Waals surface area (Å²) in [6.07, 6.45) is 10.0. The maximum atomic E-state index is 2.99. The fourth-order valence-corrected chi connectivity index (χ4v) is 0.340. The van der Waals surface area contributed by atoms with Gasteiger partial charge >= 0.3 is 0 Å². The van der Waals surface area contributed by atoms with Gasteiger partial charge in [0, 0.05) is 21.1 Å². The van der Waals surface area contributed by atoms with Crippen LogP contribution in [0.1, 0.15) is 6.42 Å². The van der Waals surface area contributed by atoms with Gasteiger partial charge in [-0.15, -0.1) is 6.42 Å². The Morgan fingerprint density at radius 2 is 2.33 bits per heavy atom. The third kappa shape index (κ3) is 1.57. The summed E-state index contributed by atoms with van der Waals surface area (Å²) >= 11 is 0. The zero-order valence-corrected chi connectivity index (χ0v) is 6.28.